The number of hydrogen-bond donors (Lipinski definition) is 1. The first-order chi connectivity index (χ1) is 7.97. The Balaban J connectivity index is 2.07. The Hall–Kier alpha value is -0.710. The summed E-state index contributed by atoms with van der Waals surface area (Å²) in [5, 5.41) is 3.07. The van der Waals surface area contributed by atoms with Crippen molar-refractivity contribution >= 4 is 21.6 Å². The lowest BCUT2D eigenvalue weighted by atomic mass is 9.85. The molecule has 1 aromatic carbocycles. The summed E-state index contributed by atoms with van der Waals surface area (Å²) >= 11 is 2.92. The number of rotatable bonds is 3. The first-order valence-electron chi connectivity index (χ1n) is 5.57. The van der Waals surface area contributed by atoms with Gasteiger partial charge in [-0.15, -0.1) is 0 Å². The number of benzene rings is 1. The highest BCUT2D eigenvalue weighted by molar-refractivity contribution is 9.10. The molecule has 94 valence electrons. The minimum absolute atomic E-state index is 0.0826. The molecule has 2 rings (SSSR count). The number of halogens is 4. The maximum atomic E-state index is 12.6. The van der Waals surface area contributed by atoms with Crippen molar-refractivity contribution in [2.24, 2.45) is 5.92 Å². The van der Waals surface area contributed by atoms with E-state index >= 15 is 0 Å². The van der Waals surface area contributed by atoms with Crippen LogP contribution in [0.15, 0.2) is 22.7 Å². The smallest absolute Gasteiger partial charge is 0.385 e. The summed E-state index contributed by atoms with van der Waals surface area (Å²) in [7, 11) is 0. The molecule has 0 atom stereocenters. The number of hydrogen-bond acceptors (Lipinski definition) is 1. The van der Waals surface area contributed by atoms with Crippen molar-refractivity contribution in [3.8, 4) is 0 Å². The third-order valence-corrected chi connectivity index (χ3v) is 3.78. The predicted octanol–water partition coefficient (Wildman–Crippen LogP) is 4.68. The Morgan fingerprint density at radius 1 is 1.29 bits per heavy atom. The molecule has 1 fully saturated rings. The van der Waals surface area contributed by atoms with Crippen molar-refractivity contribution in [3.05, 3.63) is 28.2 Å². The van der Waals surface area contributed by atoms with Crippen LogP contribution < -0.4 is 5.32 Å². The lowest BCUT2D eigenvalue weighted by Gasteiger charge is -2.26. The highest BCUT2D eigenvalue weighted by Crippen LogP contribution is 2.36. The van der Waals surface area contributed by atoms with Crippen molar-refractivity contribution in [2.45, 2.75) is 25.4 Å². The van der Waals surface area contributed by atoms with Crippen molar-refractivity contribution < 1.29 is 13.2 Å². The zero-order chi connectivity index (χ0) is 12.5. The van der Waals surface area contributed by atoms with E-state index < -0.39 is 11.7 Å². The van der Waals surface area contributed by atoms with Gasteiger partial charge in [-0.05, 0) is 37.0 Å². The van der Waals surface area contributed by atoms with Gasteiger partial charge in [-0.2, -0.15) is 13.2 Å². The quantitative estimate of drug-likeness (QED) is 0.855. The van der Waals surface area contributed by atoms with Gasteiger partial charge in [0.1, 0.15) is 0 Å². The Morgan fingerprint density at radius 2 is 2.00 bits per heavy atom. The van der Waals surface area contributed by atoms with Crippen molar-refractivity contribution in [3.63, 3.8) is 0 Å². The fraction of sp³-hybridized carbons (Fsp3) is 0.500. The molecule has 17 heavy (non-hydrogen) atoms. The molecule has 0 aliphatic heterocycles. The Morgan fingerprint density at radius 3 is 2.53 bits per heavy atom. The van der Waals surface area contributed by atoms with Crippen molar-refractivity contribution in [2.75, 3.05) is 11.9 Å². The van der Waals surface area contributed by atoms with Gasteiger partial charge in [0.25, 0.3) is 0 Å². The summed E-state index contributed by atoms with van der Waals surface area (Å²) in [6.07, 6.45) is -0.723. The maximum absolute atomic E-state index is 12.6. The predicted molar refractivity (Wildman–Crippen MR) is 65.0 cm³/mol. The first kappa shape index (κ1) is 12.7. The number of anilines is 1. The van der Waals surface area contributed by atoms with E-state index in [0.717, 1.165) is 12.6 Å². The monoisotopic (exact) mass is 307 g/mol. The maximum Gasteiger partial charge on any atom is 0.417 e. The van der Waals surface area contributed by atoms with Crippen molar-refractivity contribution in [1.82, 2.24) is 0 Å². The average Bonchev–Trinajstić information content (AvgIpc) is 2.16. The van der Waals surface area contributed by atoms with E-state index in [9.17, 15) is 13.2 Å². The fourth-order valence-electron chi connectivity index (χ4n) is 1.81. The largest absolute Gasteiger partial charge is 0.417 e. The molecular formula is C12H13BrF3N. The van der Waals surface area contributed by atoms with E-state index in [2.05, 4.69) is 21.2 Å². The zero-order valence-corrected chi connectivity index (χ0v) is 10.7. The van der Waals surface area contributed by atoms with Crippen LogP contribution in [0.5, 0.6) is 0 Å². The Kier molecular flexibility index (Phi) is 3.66. The standard InChI is InChI=1S/C12H13BrF3N/c13-11-5-4-9(6-10(11)12(14,15)16)17-7-8-2-1-3-8/h4-6,8,17H,1-3,7H2. The normalized spacial score (nSPS) is 16.7. The molecule has 1 N–H and O–H groups in total. The summed E-state index contributed by atoms with van der Waals surface area (Å²) in [6, 6.07) is 4.26. The van der Waals surface area contributed by atoms with Crippen LogP contribution in [-0.2, 0) is 6.18 Å². The van der Waals surface area contributed by atoms with Gasteiger partial charge in [-0.1, -0.05) is 22.4 Å². The second kappa shape index (κ2) is 4.88. The number of nitrogens with one attached hydrogen (secondary N) is 1. The van der Waals surface area contributed by atoms with Crippen LogP contribution in [0.3, 0.4) is 0 Å². The molecule has 1 aromatic rings. The van der Waals surface area contributed by atoms with E-state index in [1.54, 1.807) is 6.07 Å². The molecule has 0 aromatic heterocycles. The van der Waals surface area contributed by atoms with Gasteiger partial charge in [0.2, 0.25) is 0 Å². The third-order valence-electron chi connectivity index (χ3n) is 3.09. The van der Waals surface area contributed by atoms with Crippen LogP contribution in [-0.4, -0.2) is 6.54 Å². The van der Waals surface area contributed by atoms with E-state index in [1.807, 2.05) is 0 Å². The average molecular weight is 308 g/mol. The van der Waals surface area contributed by atoms with Crippen LogP contribution in [0, 0.1) is 5.92 Å². The molecule has 0 spiro atoms. The van der Waals surface area contributed by atoms with Crippen LogP contribution in [0.2, 0.25) is 0 Å². The van der Waals surface area contributed by atoms with Gasteiger partial charge in [-0.25, -0.2) is 0 Å². The Bertz CT molecular complexity index is 399. The van der Waals surface area contributed by atoms with Crippen LogP contribution >= 0.6 is 15.9 Å². The SMILES string of the molecule is FC(F)(F)c1cc(NCC2CCC2)ccc1Br. The van der Waals surface area contributed by atoms with Gasteiger partial charge in [0.05, 0.1) is 5.56 Å². The minimum Gasteiger partial charge on any atom is -0.385 e. The molecule has 0 bridgehead atoms. The summed E-state index contributed by atoms with van der Waals surface area (Å²) in [5.41, 5.74) is -0.0939. The molecule has 0 radical (unpaired) electrons. The molecule has 0 heterocycles. The van der Waals surface area contributed by atoms with Gasteiger partial charge >= 0.3 is 6.18 Å². The fourth-order valence-corrected chi connectivity index (χ4v) is 2.28. The van der Waals surface area contributed by atoms with Crippen molar-refractivity contribution in [1.29, 1.82) is 0 Å². The first-order valence-corrected chi connectivity index (χ1v) is 6.37. The van der Waals surface area contributed by atoms with E-state index in [0.29, 0.717) is 11.6 Å². The van der Waals surface area contributed by atoms with Gasteiger partial charge < -0.3 is 5.32 Å². The minimum atomic E-state index is -4.31. The third kappa shape index (κ3) is 3.15. The molecule has 0 amide bonds. The molecule has 1 saturated carbocycles. The molecule has 1 aliphatic rings. The molecule has 1 nitrogen and oxygen atoms in total. The van der Waals surface area contributed by atoms with E-state index in [-0.39, 0.29) is 4.47 Å². The van der Waals surface area contributed by atoms with Gasteiger partial charge in [-0.3, -0.25) is 0 Å². The van der Waals surface area contributed by atoms with Crippen LogP contribution in [0.25, 0.3) is 0 Å². The van der Waals surface area contributed by atoms with Gasteiger partial charge in [0.15, 0.2) is 0 Å². The highest BCUT2D eigenvalue weighted by atomic mass is 79.9. The summed E-state index contributed by atoms with van der Waals surface area (Å²) in [6.45, 7) is 0.763. The zero-order valence-electron chi connectivity index (χ0n) is 9.15. The molecule has 0 unspecified atom stereocenters. The summed E-state index contributed by atoms with van der Waals surface area (Å²) in [4.78, 5) is 0. The molecule has 5 heteroatoms. The lowest BCUT2D eigenvalue weighted by molar-refractivity contribution is -0.138. The number of alkyl halides is 3. The van der Waals surface area contributed by atoms with Crippen LogP contribution in [0.4, 0.5) is 18.9 Å². The molecule has 1 aliphatic carbocycles. The Labute approximate surface area is 107 Å². The summed E-state index contributed by atoms with van der Waals surface area (Å²) in [5.74, 6) is 0.619. The lowest BCUT2D eigenvalue weighted by Crippen LogP contribution is -2.21. The van der Waals surface area contributed by atoms with Gasteiger partial charge in [0, 0.05) is 16.7 Å². The van der Waals surface area contributed by atoms with E-state index in [1.165, 1.54) is 25.3 Å². The second-order valence-corrected chi connectivity index (χ2v) is 5.22. The molecule has 0 saturated heterocycles. The van der Waals surface area contributed by atoms with E-state index in [4.69, 9.17) is 0 Å². The summed E-state index contributed by atoms with van der Waals surface area (Å²) < 4.78 is 38.0. The molecular weight excluding hydrogens is 295 g/mol. The van der Waals surface area contributed by atoms with Crippen LogP contribution in [0.1, 0.15) is 24.8 Å². The second-order valence-electron chi connectivity index (χ2n) is 4.37. The topological polar surface area (TPSA) is 12.0 Å². The highest BCUT2D eigenvalue weighted by Gasteiger charge is 2.33.